The number of rotatable bonds is 7. The van der Waals surface area contributed by atoms with Crippen molar-refractivity contribution in [3.63, 3.8) is 0 Å². The van der Waals surface area contributed by atoms with Crippen LogP contribution in [0.3, 0.4) is 0 Å². The van der Waals surface area contributed by atoms with Gasteiger partial charge in [-0.05, 0) is 44.7 Å². The molecule has 0 radical (unpaired) electrons. The third-order valence-corrected chi connectivity index (χ3v) is 3.62. The zero-order chi connectivity index (χ0) is 14.6. The van der Waals surface area contributed by atoms with Crippen molar-refractivity contribution in [3.05, 3.63) is 23.4 Å². The molecule has 1 heterocycles. The fourth-order valence-corrected chi connectivity index (χ4v) is 2.11. The smallest absolute Gasteiger partial charge is 0.251 e. The summed E-state index contributed by atoms with van der Waals surface area (Å²) in [6.07, 6.45) is 5.13. The van der Waals surface area contributed by atoms with Crippen LogP contribution >= 0.6 is 0 Å². The van der Waals surface area contributed by atoms with Crippen molar-refractivity contribution in [2.45, 2.75) is 58.4 Å². The number of hydrogen-bond donors (Lipinski definition) is 2. The number of aromatic nitrogens is 1. The second-order valence-electron chi connectivity index (χ2n) is 5.92. The molecular weight excluding hydrogens is 250 g/mol. The van der Waals surface area contributed by atoms with E-state index in [1.807, 2.05) is 12.1 Å². The lowest BCUT2D eigenvalue weighted by Gasteiger charge is -2.13. The highest BCUT2D eigenvalue weighted by molar-refractivity contribution is 5.95. The Kier molecular flexibility index (Phi) is 4.63. The lowest BCUT2D eigenvalue weighted by atomic mass is 10.1. The van der Waals surface area contributed by atoms with Crippen molar-refractivity contribution in [1.82, 2.24) is 10.3 Å². The van der Waals surface area contributed by atoms with E-state index in [1.165, 1.54) is 0 Å². The Morgan fingerprint density at radius 3 is 2.65 bits per heavy atom. The molecule has 1 amide bonds. The summed E-state index contributed by atoms with van der Waals surface area (Å²) in [4.78, 5) is 16.9. The van der Waals surface area contributed by atoms with Crippen LogP contribution in [0.25, 0.3) is 0 Å². The van der Waals surface area contributed by atoms with Crippen molar-refractivity contribution in [1.29, 1.82) is 0 Å². The van der Waals surface area contributed by atoms with E-state index in [-0.39, 0.29) is 11.4 Å². The quantitative estimate of drug-likeness (QED) is 0.804. The minimum atomic E-state index is 0.0162. The van der Waals surface area contributed by atoms with Gasteiger partial charge in [-0.15, -0.1) is 0 Å². The van der Waals surface area contributed by atoms with Crippen LogP contribution in [-0.4, -0.2) is 23.0 Å². The molecule has 2 rings (SSSR count). The number of aryl methyl sites for hydroxylation is 1. The molecule has 0 unspecified atom stereocenters. The molecule has 4 nitrogen and oxygen atoms in total. The van der Waals surface area contributed by atoms with Crippen LogP contribution in [0.5, 0.6) is 0 Å². The maximum Gasteiger partial charge on any atom is 0.251 e. The number of hydrogen-bond acceptors (Lipinski definition) is 3. The van der Waals surface area contributed by atoms with Gasteiger partial charge in [-0.1, -0.05) is 20.3 Å². The summed E-state index contributed by atoms with van der Waals surface area (Å²) in [5.74, 6) is 0.827. The van der Waals surface area contributed by atoms with Gasteiger partial charge in [-0.2, -0.15) is 0 Å². The van der Waals surface area contributed by atoms with Crippen LogP contribution in [0.1, 0.15) is 62.5 Å². The molecular formula is C16H25N3O. The number of pyridine rings is 1. The molecule has 0 atom stereocenters. The van der Waals surface area contributed by atoms with Crippen LogP contribution < -0.4 is 10.6 Å². The van der Waals surface area contributed by atoms with Crippen molar-refractivity contribution >= 4 is 11.7 Å². The summed E-state index contributed by atoms with van der Waals surface area (Å²) in [7, 11) is 0. The summed E-state index contributed by atoms with van der Waals surface area (Å²) in [6.45, 7) is 7.21. The van der Waals surface area contributed by atoms with Crippen LogP contribution in [0.2, 0.25) is 0 Å². The Hall–Kier alpha value is -1.58. The molecule has 110 valence electrons. The van der Waals surface area contributed by atoms with E-state index < -0.39 is 0 Å². The molecule has 0 spiro atoms. The second kappa shape index (κ2) is 6.25. The molecule has 1 saturated carbocycles. The van der Waals surface area contributed by atoms with Crippen molar-refractivity contribution in [2.75, 3.05) is 11.9 Å². The van der Waals surface area contributed by atoms with Crippen molar-refractivity contribution < 1.29 is 4.79 Å². The molecule has 0 saturated heterocycles. The first kappa shape index (κ1) is 14.8. The molecule has 1 aliphatic carbocycles. The predicted molar refractivity (Wildman–Crippen MR) is 82.1 cm³/mol. The Morgan fingerprint density at radius 1 is 1.30 bits per heavy atom. The molecule has 1 aromatic heterocycles. The van der Waals surface area contributed by atoms with Gasteiger partial charge in [-0.25, -0.2) is 4.98 Å². The molecule has 1 aromatic rings. The number of amides is 1. The second-order valence-corrected chi connectivity index (χ2v) is 5.92. The maximum atomic E-state index is 12.3. The molecule has 1 fully saturated rings. The normalized spacial score (nSPS) is 15.8. The fraction of sp³-hybridized carbons (Fsp3) is 0.625. The van der Waals surface area contributed by atoms with Gasteiger partial charge < -0.3 is 10.6 Å². The van der Waals surface area contributed by atoms with Gasteiger partial charge in [0.1, 0.15) is 5.82 Å². The van der Waals surface area contributed by atoms with Crippen LogP contribution in [0.4, 0.5) is 5.82 Å². The highest BCUT2D eigenvalue weighted by Gasteiger charge is 2.38. The van der Waals surface area contributed by atoms with E-state index >= 15 is 0 Å². The summed E-state index contributed by atoms with van der Waals surface area (Å²) in [6, 6.07) is 3.78. The van der Waals surface area contributed by atoms with E-state index in [0.29, 0.717) is 0 Å². The molecule has 0 aromatic carbocycles. The number of carbonyl (C=O) groups is 1. The highest BCUT2D eigenvalue weighted by Crippen LogP contribution is 2.34. The topological polar surface area (TPSA) is 54.0 Å². The minimum absolute atomic E-state index is 0.0162. The van der Waals surface area contributed by atoms with E-state index in [1.54, 1.807) is 0 Å². The third-order valence-electron chi connectivity index (χ3n) is 3.62. The fourth-order valence-electron chi connectivity index (χ4n) is 2.11. The third kappa shape index (κ3) is 3.95. The van der Waals surface area contributed by atoms with Gasteiger partial charge in [0, 0.05) is 23.3 Å². The van der Waals surface area contributed by atoms with Crippen molar-refractivity contribution in [2.24, 2.45) is 0 Å². The summed E-state index contributed by atoms with van der Waals surface area (Å²) in [5.41, 5.74) is 1.72. The first-order valence-corrected chi connectivity index (χ1v) is 7.63. The predicted octanol–water partition coefficient (Wildman–Crippen LogP) is 3.14. The SMILES string of the molecule is CCCNc1cc(C(=O)NC2(C)CC2)cc(CCC)n1. The zero-order valence-corrected chi connectivity index (χ0v) is 12.8. The lowest BCUT2D eigenvalue weighted by molar-refractivity contribution is 0.0935. The van der Waals surface area contributed by atoms with Gasteiger partial charge in [0.2, 0.25) is 0 Å². The first-order chi connectivity index (χ1) is 9.56. The lowest BCUT2D eigenvalue weighted by Crippen LogP contribution is -2.34. The number of nitrogens with zero attached hydrogens (tertiary/aromatic N) is 1. The Morgan fingerprint density at radius 2 is 2.05 bits per heavy atom. The van der Waals surface area contributed by atoms with Crippen molar-refractivity contribution in [3.8, 4) is 0 Å². The maximum absolute atomic E-state index is 12.3. The average Bonchev–Trinajstić information content (AvgIpc) is 3.14. The number of anilines is 1. The van der Waals surface area contributed by atoms with E-state index in [4.69, 9.17) is 0 Å². The van der Waals surface area contributed by atoms with E-state index in [0.717, 1.165) is 55.7 Å². The number of carbonyl (C=O) groups excluding carboxylic acids is 1. The van der Waals surface area contributed by atoms with Crippen LogP contribution in [0.15, 0.2) is 12.1 Å². The van der Waals surface area contributed by atoms with Gasteiger partial charge >= 0.3 is 0 Å². The molecule has 1 aliphatic rings. The molecule has 20 heavy (non-hydrogen) atoms. The van der Waals surface area contributed by atoms with Gasteiger partial charge in [0.25, 0.3) is 5.91 Å². The standard InChI is InChI=1S/C16H25N3O/c1-4-6-13-10-12(11-14(18-13)17-9-5-2)15(20)19-16(3)7-8-16/h10-11H,4-9H2,1-3H3,(H,17,18)(H,19,20). The monoisotopic (exact) mass is 275 g/mol. The van der Waals surface area contributed by atoms with Crippen LogP contribution in [-0.2, 0) is 6.42 Å². The van der Waals surface area contributed by atoms with Gasteiger partial charge in [0.05, 0.1) is 0 Å². The minimum Gasteiger partial charge on any atom is -0.370 e. The molecule has 2 N–H and O–H groups in total. The first-order valence-electron chi connectivity index (χ1n) is 7.63. The zero-order valence-electron chi connectivity index (χ0n) is 12.8. The van der Waals surface area contributed by atoms with E-state index in [9.17, 15) is 4.79 Å². The largest absolute Gasteiger partial charge is 0.370 e. The summed E-state index contributed by atoms with van der Waals surface area (Å²) in [5, 5.41) is 6.38. The summed E-state index contributed by atoms with van der Waals surface area (Å²) >= 11 is 0. The van der Waals surface area contributed by atoms with Crippen LogP contribution in [0, 0.1) is 0 Å². The Bertz CT molecular complexity index is 481. The Balaban J connectivity index is 2.16. The number of nitrogens with one attached hydrogen (secondary N) is 2. The Labute approximate surface area is 121 Å². The molecule has 0 bridgehead atoms. The van der Waals surface area contributed by atoms with Gasteiger partial charge in [0.15, 0.2) is 0 Å². The molecule has 0 aliphatic heterocycles. The van der Waals surface area contributed by atoms with E-state index in [2.05, 4.69) is 36.4 Å². The highest BCUT2D eigenvalue weighted by atomic mass is 16.1. The van der Waals surface area contributed by atoms with Gasteiger partial charge in [-0.3, -0.25) is 4.79 Å². The summed E-state index contributed by atoms with van der Waals surface area (Å²) < 4.78 is 0. The average molecular weight is 275 g/mol. The molecule has 4 heteroatoms.